The van der Waals surface area contributed by atoms with E-state index in [4.69, 9.17) is 0 Å². The van der Waals surface area contributed by atoms with Gasteiger partial charge in [-0.05, 0) is 0 Å². The molecular formula is C10H14N6OS2. The van der Waals surface area contributed by atoms with Gasteiger partial charge < -0.3 is 4.57 Å². The largest absolute Gasteiger partial charge is 0.309 e. The Morgan fingerprint density at radius 1 is 1.47 bits per heavy atom. The van der Waals surface area contributed by atoms with Gasteiger partial charge in [0.05, 0.1) is 5.75 Å². The van der Waals surface area contributed by atoms with E-state index in [2.05, 4.69) is 39.6 Å². The van der Waals surface area contributed by atoms with Gasteiger partial charge in [-0.2, -0.15) is 0 Å². The molecule has 0 fully saturated rings. The lowest BCUT2D eigenvalue weighted by atomic mass is 10.2. The summed E-state index contributed by atoms with van der Waals surface area (Å²) in [6.45, 7) is 4.11. The van der Waals surface area contributed by atoms with Crippen LogP contribution in [0, 0.1) is 0 Å². The Hall–Kier alpha value is -1.48. The van der Waals surface area contributed by atoms with E-state index in [1.807, 2.05) is 11.6 Å². The van der Waals surface area contributed by atoms with Crippen LogP contribution in [-0.4, -0.2) is 36.6 Å². The molecule has 1 N–H and O–H groups in total. The van der Waals surface area contributed by atoms with Gasteiger partial charge in [0.15, 0.2) is 5.16 Å². The lowest BCUT2D eigenvalue weighted by Crippen LogP contribution is -2.14. The molecule has 2 heterocycles. The third-order valence-corrected chi connectivity index (χ3v) is 3.95. The zero-order valence-corrected chi connectivity index (χ0v) is 12.5. The van der Waals surface area contributed by atoms with Gasteiger partial charge in [0.1, 0.15) is 11.3 Å². The van der Waals surface area contributed by atoms with Crippen LogP contribution in [0.25, 0.3) is 0 Å². The molecule has 7 nitrogen and oxygen atoms in total. The van der Waals surface area contributed by atoms with Crippen LogP contribution in [0.4, 0.5) is 5.13 Å². The normalized spacial score (nSPS) is 10.9. The van der Waals surface area contributed by atoms with E-state index in [-0.39, 0.29) is 11.7 Å². The van der Waals surface area contributed by atoms with Crippen molar-refractivity contribution in [3.8, 4) is 0 Å². The summed E-state index contributed by atoms with van der Waals surface area (Å²) in [6, 6.07) is 0. The van der Waals surface area contributed by atoms with Gasteiger partial charge in [0.2, 0.25) is 11.0 Å². The number of carbonyl (C=O) groups excluding carboxylic acids is 1. The van der Waals surface area contributed by atoms with Crippen molar-refractivity contribution in [2.75, 3.05) is 11.1 Å². The Balaban J connectivity index is 1.90. The third kappa shape index (κ3) is 3.51. The molecule has 2 aromatic rings. The zero-order chi connectivity index (χ0) is 13.8. The average Bonchev–Trinajstić information content (AvgIpc) is 2.96. The first-order valence-corrected chi connectivity index (χ1v) is 7.52. The lowest BCUT2D eigenvalue weighted by Gasteiger charge is -2.05. The molecule has 0 aromatic carbocycles. The zero-order valence-electron chi connectivity index (χ0n) is 10.8. The Bertz CT molecular complexity index is 550. The molecule has 2 aromatic heterocycles. The number of nitrogens with one attached hydrogen (secondary N) is 1. The number of aromatic nitrogens is 5. The highest BCUT2D eigenvalue weighted by Gasteiger charge is 2.13. The fraction of sp³-hybridized carbons (Fsp3) is 0.500. The molecule has 0 bridgehead atoms. The number of thioether (sulfide) groups is 1. The number of carbonyl (C=O) groups is 1. The minimum absolute atomic E-state index is 0.129. The van der Waals surface area contributed by atoms with Crippen molar-refractivity contribution in [3.05, 3.63) is 11.3 Å². The van der Waals surface area contributed by atoms with Crippen LogP contribution < -0.4 is 5.32 Å². The Morgan fingerprint density at radius 2 is 2.26 bits per heavy atom. The van der Waals surface area contributed by atoms with Crippen LogP contribution in [0.1, 0.15) is 25.6 Å². The van der Waals surface area contributed by atoms with Crippen molar-refractivity contribution in [2.45, 2.75) is 24.9 Å². The molecular weight excluding hydrogens is 284 g/mol. The first-order valence-electron chi connectivity index (χ1n) is 5.66. The minimum Gasteiger partial charge on any atom is -0.309 e. The highest BCUT2D eigenvalue weighted by atomic mass is 32.2. The van der Waals surface area contributed by atoms with Crippen LogP contribution in [0.15, 0.2) is 10.7 Å². The van der Waals surface area contributed by atoms with E-state index in [1.165, 1.54) is 23.1 Å². The van der Waals surface area contributed by atoms with Crippen molar-refractivity contribution in [1.29, 1.82) is 0 Å². The fourth-order valence-electron chi connectivity index (χ4n) is 1.47. The summed E-state index contributed by atoms with van der Waals surface area (Å²) in [7, 11) is 1.90. The van der Waals surface area contributed by atoms with Gasteiger partial charge in [0.25, 0.3) is 0 Å². The fourth-order valence-corrected chi connectivity index (χ4v) is 2.65. The molecule has 0 atom stereocenters. The summed E-state index contributed by atoms with van der Waals surface area (Å²) in [5.74, 6) is 1.36. The maximum Gasteiger partial charge on any atom is 0.236 e. The summed E-state index contributed by atoms with van der Waals surface area (Å²) in [5, 5.41) is 19.5. The number of rotatable bonds is 5. The summed E-state index contributed by atoms with van der Waals surface area (Å²) in [4.78, 5) is 11.7. The second kappa shape index (κ2) is 6.11. The summed E-state index contributed by atoms with van der Waals surface area (Å²) in [6.07, 6.45) is 0. The van der Waals surface area contributed by atoms with Gasteiger partial charge in [0, 0.05) is 13.0 Å². The molecule has 102 valence electrons. The molecule has 1 amide bonds. The molecule has 0 radical (unpaired) electrons. The Kier molecular flexibility index (Phi) is 4.48. The van der Waals surface area contributed by atoms with Crippen LogP contribution in [0.5, 0.6) is 0 Å². The van der Waals surface area contributed by atoms with Crippen LogP contribution in [0.2, 0.25) is 0 Å². The van der Waals surface area contributed by atoms with E-state index in [9.17, 15) is 4.79 Å². The minimum atomic E-state index is -0.129. The molecule has 0 aliphatic rings. The molecule has 19 heavy (non-hydrogen) atoms. The van der Waals surface area contributed by atoms with Crippen LogP contribution in [-0.2, 0) is 11.8 Å². The van der Waals surface area contributed by atoms with Crippen LogP contribution >= 0.6 is 23.1 Å². The molecule has 0 aliphatic carbocycles. The average molecular weight is 298 g/mol. The highest BCUT2D eigenvalue weighted by Crippen LogP contribution is 2.20. The number of anilines is 1. The lowest BCUT2D eigenvalue weighted by molar-refractivity contribution is -0.113. The SMILES string of the molecule is CC(C)c1nnc(SCC(=O)Nc2nncs2)n1C. The highest BCUT2D eigenvalue weighted by molar-refractivity contribution is 7.99. The molecule has 0 unspecified atom stereocenters. The van der Waals surface area contributed by atoms with E-state index < -0.39 is 0 Å². The summed E-state index contributed by atoms with van der Waals surface area (Å²) < 4.78 is 1.91. The monoisotopic (exact) mass is 298 g/mol. The second-order valence-electron chi connectivity index (χ2n) is 4.14. The summed E-state index contributed by atoms with van der Waals surface area (Å²) in [5.41, 5.74) is 1.57. The van der Waals surface area contributed by atoms with Crippen molar-refractivity contribution in [2.24, 2.45) is 7.05 Å². The molecule has 9 heteroatoms. The summed E-state index contributed by atoms with van der Waals surface area (Å²) >= 11 is 2.64. The van der Waals surface area contributed by atoms with Crippen molar-refractivity contribution in [1.82, 2.24) is 25.0 Å². The Labute approximate surface area is 118 Å². The molecule has 0 saturated carbocycles. The first kappa shape index (κ1) is 13.9. The van der Waals surface area contributed by atoms with Crippen molar-refractivity contribution < 1.29 is 4.79 Å². The topological polar surface area (TPSA) is 85.6 Å². The van der Waals surface area contributed by atoms with E-state index in [0.29, 0.717) is 11.0 Å². The maximum absolute atomic E-state index is 11.7. The number of hydrogen-bond donors (Lipinski definition) is 1. The van der Waals surface area contributed by atoms with Crippen molar-refractivity contribution >= 4 is 34.1 Å². The van der Waals surface area contributed by atoms with Gasteiger partial charge in [-0.15, -0.1) is 20.4 Å². The van der Waals surface area contributed by atoms with E-state index in [1.54, 1.807) is 5.51 Å². The maximum atomic E-state index is 11.7. The molecule has 0 aliphatic heterocycles. The standard InChI is InChI=1S/C10H14N6OS2/c1-6(2)8-13-15-10(16(8)3)18-4-7(17)12-9-14-11-5-19-9/h5-6H,4H2,1-3H3,(H,12,14,17). The third-order valence-electron chi connectivity index (χ3n) is 2.32. The predicted molar refractivity (Wildman–Crippen MR) is 74.4 cm³/mol. The molecule has 0 saturated heterocycles. The molecule has 2 rings (SSSR count). The van der Waals surface area contributed by atoms with Gasteiger partial charge in [-0.3, -0.25) is 10.1 Å². The van der Waals surface area contributed by atoms with Gasteiger partial charge in [-0.25, -0.2) is 0 Å². The van der Waals surface area contributed by atoms with Gasteiger partial charge in [-0.1, -0.05) is 36.9 Å². The van der Waals surface area contributed by atoms with Crippen LogP contribution in [0.3, 0.4) is 0 Å². The number of amides is 1. The van der Waals surface area contributed by atoms with Gasteiger partial charge >= 0.3 is 0 Å². The number of nitrogens with zero attached hydrogens (tertiary/aromatic N) is 5. The quantitative estimate of drug-likeness (QED) is 0.842. The van der Waals surface area contributed by atoms with E-state index >= 15 is 0 Å². The molecule has 0 spiro atoms. The second-order valence-corrected chi connectivity index (χ2v) is 5.91. The predicted octanol–water partition coefficient (Wildman–Crippen LogP) is 1.52. The Morgan fingerprint density at radius 3 is 2.84 bits per heavy atom. The van der Waals surface area contributed by atoms with Crippen molar-refractivity contribution in [3.63, 3.8) is 0 Å². The first-order chi connectivity index (χ1) is 9.08. The smallest absolute Gasteiger partial charge is 0.236 e. The number of hydrogen-bond acceptors (Lipinski definition) is 7. The van der Waals surface area contributed by atoms with E-state index in [0.717, 1.165) is 11.0 Å².